The summed E-state index contributed by atoms with van der Waals surface area (Å²) in [5, 5.41) is 31.6. The Morgan fingerprint density at radius 1 is 1.12 bits per heavy atom. The van der Waals surface area contributed by atoms with Crippen LogP contribution in [0.25, 0.3) is 11.1 Å². The number of nitrogens with one attached hydrogen (secondary N) is 2. The lowest BCUT2D eigenvalue weighted by atomic mass is 9.99. The summed E-state index contributed by atoms with van der Waals surface area (Å²) >= 11 is 0. The topological polar surface area (TPSA) is 126 Å². The van der Waals surface area contributed by atoms with E-state index in [1.807, 2.05) is 42.5 Å². The monoisotopic (exact) mass is 472 g/mol. The van der Waals surface area contributed by atoms with Crippen molar-refractivity contribution in [1.29, 1.82) is 10.5 Å². The van der Waals surface area contributed by atoms with Crippen molar-refractivity contribution in [3.8, 4) is 23.3 Å². The van der Waals surface area contributed by atoms with E-state index >= 15 is 0 Å². The molecule has 0 bridgehead atoms. The molecule has 0 spiro atoms. The van der Waals surface area contributed by atoms with E-state index in [-0.39, 0.29) is 11.9 Å². The highest BCUT2D eigenvalue weighted by molar-refractivity contribution is 5.82. The predicted octanol–water partition coefficient (Wildman–Crippen LogP) is 3.55. The molecule has 1 aliphatic rings. The van der Waals surface area contributed by atoms with Gasteiger partial charge in [-0.25, -0.2) is 4.79 Å². The highest BCUT2D eigenvalue weighted by Gasteiger charge is 2.38. The zero-order valence-electron chi connectivity index (χ0n) is 18.1. The van der Waals surface area contributed by atoms with Crippen molar-refractivity contribution >= 4 is 11.9 Å². The van der Waals surface area contributed by atoms with Crippen LogP contribution in [0.2, 0.25) is 0 Å². The van der Waals surface area contributed by atoms with Crippen molar-refractivity contribution < 1.29 is 27.9 Å². The normalized spacial score (nSPS) is 16.1. The van der Waals surface area contributed by atoms with Crippen LogP contribution in [-0.2, 0) is 16.0 Å². The molecule has 3 N–H and O–H groups in total. The maximum absolute atomic E-state index is 12.3. The lowest BCUT2D eigenvalue weighted by Gasteiger charge is -2.23. The van der Waals surface area contributed by atoms with Gasteiger partial charge in [0.15, 0.2) is 0 Å². The molecular weight excluding hydrogens is 449 g/mol. The number of amides is 1. The van der Waals surface area contributed by atoms with Crippen molar-refractivity contribution in [2.45, 2.75) is 43.9 Å². The van der Waals surface area contributed by atoms with Gasteiger partial charge in [0.05, 0.1) is 23.7 Å². The molecule has 0 unspecified atom stereocenters. The van der Waals surface area contributed by atoms with Crippen LogP contribution >= 0.6 is 0 Å². The van der Waals surface area contributed by atoms with Crippen molar-refractivity contribution in [3.05, 3.63) is 59.7 Å². The van der Waals surface area contributed by atoms with Gasteiger partial charge in [0, 0.05) is 6.42 Å². The minimum Gasteiger partial charge on any atom is -0.475 e. The fourth-order valence-corrected chi connectivity index (χ4v) is 3.31. The SMILES string of the molecule is N#Cc1cccc(-c2ccc(C[C@@H](C#N)NC(=O)[C@@H]3CCCCN3)cc2)c1.O=C(O)C(F)(F)F. The Morgan fingerprint density at radius 3 is 2.32 bits per heavy atom. The van der Waals surface area contributed by atoms with Gasteiger partial charge < -0.3 is 15.7 Å². The van der Waals surface area contributed by atoms with E-state index in [0.29, 0.717) is 12.0 Å². The van der Waals surface area contributed by atoms with Crippen molar-refractivity contribution in [3.63, 3.8) is 0 Å². The number of halogens is 3. The Morgan fingerprint density at radius 2 is 1.79 bits per heavy atom. The number of carboxylic acid groups (broad SMARTS) is 1. The molecular formula is C24H23F3N4O3. The van der Waals surface area contributed by atoms with Crippen molar-refractivity contribution in [2.75, 3.05) is 6.54 Å². The second-order valence-corrected chi connectivity index (χ2v) is 7.59. The van der Waals surface area contributed by atoms with Crippen LogP contribution in [0.15, 0.2) is 48.5 Å². The zero-order chi connectivity index (χ0) is 25.1. The number of carbonyl (C=O) groups is 2. The van der Waals surface area contributed by atoms with Crippen LogP contribution in [0.4, 0.5) is 13.2 Å². The molecule has 1 amide bonds. The van der Waals surface area contributed by atoms with Crippen LogP contribution in [0.1, 0.15) is 30.4 Å². The number of nitrogens with zero attached hydrogens (tertiary/aromatic N) is 2. The van der Waals surface area contributed by atoms with Crippen molar-refractivity contribution in [2.24, 2.45) is 0 Å². The van der Waals surface area contributed by atoms with E-state index in [1.54, 1.807) is 6.07 Å². The molecule has 2 atom stereocenters. The van der Waals surface area contributed by atoms with E-state index < -0.39 is 18.2 Å². The maximum atomic E-state index is 12.3. The quantitative estimate of drug-likeness (QED) is 0.611. The molecule has 0 radical (unpaired) electrons. The third kappa shape index (κ3) is 8.23. The molecule has 34 heavy (non-hydrogen) atoms. The molecule has 1 saturated heterocycles. The van der Waals surface area contributed by atoms with Gasteiger partial charge in [0.25, 0.3) is 0 Å². The number of carbonyl (C=O) groups excluding carboxylic acids is 1. The largest absolute Gasteiger partial charge is 0.490 e. The number of aliphatic carboxylic acids is 1. The number of nitriles is 2. The fraction of sp³-hybridized carbons (Fsp3) is 0.333. The number of alkyl halides is 3. The van der Waals surface area contributed by atoms with Crippen molar-refractivity contribution in [1.82, 2.24) is 10.6 Å². The average molecular weight is 472 g/mol. The highest BCUT2D eigenvalue weighted by atomic mass is 19.4. The van der Waals surface area contributed by atoms with E-state index in [2.05, 4.69) is 22.8 Å². The van der Waals surface area contributed by atoms with Crippen LogP contribution in [0.3, 0.4) is 0 Å². The first-order valence-electron chi connectivity index (χ1n) is 10.5. The molecule has 0 saturated carbocycles. The lowest BCUT2D eigenvalue weighted by Crippen LogP contribution is -2.49. The standard InChI is InChI=1S/C22H22N4O.C2HF3O2/c23-14-17-4-3-5-19(12-17)18-9-7-16(8-10-18)13-20(15-24)26-22(27)21-6-1-2-11-25-21;3-2(4,5)1(6)7/h3-5,7-10,12,20-21,25H,1-2,6,11,13H2,(H,26,27);(H,6,7)/t20-,21-;/m0./s1. The van der Waals surface area contributed by atoms with Gasteiger partial charge >= 0.3 is 12.1 Å². The smallest absolute Gasteiger partial charge is 0.475 e. The van der Waals surface area contributed by atoms with Gasteiger partial charge in [-0.1, -0.05) is 42.8 Å². The molecule has 7 nitrogen and oxygen atoms in total. The van der Waals surface area contributed by atoms with Gasteiger partial charge in [0.2, 0.25) is 5.91 Å². The molecule has 178 valence electrons. The summed E-state index contributed by atoms with van der Waals surface area (Å²) in [5.41, 5.74) is 3.60. The maximum Gasteiger partial charge on any atom is 0.490 e. The lowest BCUT2D eigenvalue weighted by molar-refractivity contribution is -0.192. The first kappa shape index (κ1) is 26.4. The first-order valence-corrected chi connectivity index (χ1v) is 10.5. The summed E-state index contributed by atoms with van der Waals surface area (Å²) in [4.78, 5) is 21.2. The molecule has 0 aliphatic carbocycles. The molecule has 1 fully saturated rings. The molecule has 10 heteroatoms. The predicted molar refractivity (Wildman–Crippen MR) is 117 cm³/mol. The van der Waals surface area contributed by atoms with Gasteiger partial charge in [-0.15, -0.1) is 0 Å². The van der Waals surface area contributed by atoms with E-state index in [4.69, 9.17) is 15.2 Å². The Hall–Kier alpha value is -3.89. The summed E-state index contributed by atoms with van der Waals surface area (Å²) in [6.45, 7) is 0.851. The number of hydrogen-bond acceptors (Lipinski definition) is 5. The summed E-state index contributed by atoms with van der Waals surface area (Å²) in [7, 11) is 0. The molecule has 1 heterocycles. The van der Waals surface area contributed by atoms with Crippen LogP contribution in [0, 0.1) is 22.7 Å². The van der Waals surface area contributed by atoms with Crippen LogP contribution < -0.4 is 10.6 Å². The first-order chi connectivity index (χ1) is 16.1. The minimum absolute atomic E-state index is 0.0915. The molecule has 2 aromatic carbocycles. The number of rotatable bonds is 5. The van der Waals surface area contributed by atoms with Gasteiger partial charge in [-0.3, -0.25) is 4.79 Å². The van der Waals surface area contributed by atoms with E-state index in [0.717, 1.165) is 42.5 Å². The second-order valence-electron chi connectivity index (χ2n) is 7.59. The summed E-state index contributed by atoms with van der Waals surface area (Å²) in [6, 6.07) is 18.9. The van der Waals surface area contributed by atoms with E-state index in [1.165, 1.54) is 0 Å². The number of piperidine rings is 1. The Bertz CT molecular complexity index is 1070. The molecule has 0 aromatic heterocycles. The van der Waals surface area contributed by atoms with Gasteiger partial charge in [-0.05, 0) is 48.2 Å². The fourth-order valence-electron chi connectivity index (χ4n) is 3.31. The highest BCUT2D eigenvalue weighted by Crippen LogP contribution is 2.21. The third-order valence-electron chi connectivity index (χ3n) is 5.06. The number of hydrogen-bond donors (Lipinski definition) is 3. The molecule has 2 aromatic rings. The molecule has 1 aliphatic heterocycles. The average Bonchev–Trinajstić information content (AvgIpc) is 2.84. The molecule has 3 rings (SSSR count). The summed E-state index contributed by atoms with van der Waals surface area (Å²) in [5.74, 6) is -2.85. The van der Waals surface area contributed by atoms with Crippen LogP contribution in [-0.4, -0.2) is 41.8 Å². The Labute approximate surface area is 194 Å². The zero-order valence-corrected chi connectivity index (χ0v) is 18.1. The third-order valence-corrected chi connectivity index (χ3v) is 5.06. The van der Waals surface area contributed by atoms with Gasteiger partial charge in [0.1, 0.15) is 6.04 Å². The second kappa shape index (κ2) is 12.4. The Kier molecular flexibility index (Phi) is 9.60. The number of benzene rings is 2. The number of carboxylic acids is 1. The summed E-state index contributed by atoms with van der Waals surface area (Å²) in [6.07, 6.45) is -1.67. The minimum atomic E-state index is -5.08. The summed E-state index contributed by atoms with van der Waals surface area (Å²) < 4.78 is 31.7. The Balaban J connectivity index is 0.000000509. The van der Waals surface area contributed by atoms with Gasteiger partial charge in [-0.2, -0.15) is 23.7 Å². The van der Waals surface area contributed by atoms with Crippen LogP contribution in [0.5, 0.6) is 0 Å². The van der Waals surface area contributed by atoms with E-state index in [9.17, 15) is 23.2 Å².